The maximum atomic E-state index is 11.0. The van der Waals surface area contributed by atoms with Crippen LogP contribution in [-0.4, -0.2) is 17.0 Å². The lowest BCUT2D eigenvalue weighted by atomic mass is 10.3. The van der Waals surface area contributed by atoms with Gasteiger partial charge in [-0.1, -0.05) is 11.3 Å². The number of urea groups is 2. The first-order valence-corrected chi connectivity index (χ1v) is 5.81. The first-order valence-electron chi connectivity index (χ1n) is 4.99. The van der Waals surface area contributed by atoms with Gasteiger partial charge in [0.2, 0.25) is 5.13 Å². The van der Waals surface area contributed by atoms with E-state index < -0.39 is 12.1 Å². The van der Waals surface area contributed by atoms with Crippen LogP contribution in [0.15, 0.2) is 18.2 Å². The number of nitrogens with two attached hydrogens (primary N) is 4. The number of hydrazine groups is 2. The van der Waals surface area contributed by atoms with Crippen molar-refractivity contribution in [1.82, 2.24) is 4.98 Å². The summed E-state index contributed by atoms with van der Waals surface area (Å²) < 4.78 is 0.681. The average Bonchev–Trinajstić information content (AvgIpc) is 2.78. The highest BCUT2D eigenvalue weighted by atomic mass is 32.1. The summed E-state index contributed by atoms with van der Waals surface area (Å²) in [6.45, 7) is 0. The van der Waals surface area contributed by atoms with Crippen molar-refractivity contribution in [2.24, 2.45) is 23.2 Å². The van der Waals surface area contributed by atoms with Gasteiger partial charge in [-0.25, -0.2) is 36.3 Å². The molecule has 0 saturated carbocycles. The highest BCUT2D eigenvalue weighted by Crippen LogP contribution is 2.30. The van der Waals surface area contributed by atoms with E-state index in [9.17, 15) is 9.59 Å². The molecule has 19 heavy (non-hydrogen) atoms. The summed E-state index contributed by atoms with van der Waals surface area (Å²) in [6, 6.07) is 3.19. The van der Waals surface area contributed by atoms with Crippen molar-refractivity contribution < 1.29 is 9.59 Å². The summed E-state index contributed by atoms with van der Waals surface area (Å²) in [4.78, 5) is 26.0. The Balaban J connectivity index is 2.44. The van der Waals surface area contributed by atoms with Crippen LogP contribution in [0, 0.1) is 0 Å². The molecule has 1 aromatic heterocycles. The van der Waals surface area contributed by atoms with Gasteiger partial charge in [-0.3, -0.25) is 0 Å². The van der Waals surface area contributed by atoms with Gasteiger partial charge in [0.25, 0.3) is 0 Å². The summed E-state index contributed by atoms with van der Waals surface area (Å²) in [5, 5.41) is 1.77. The van der Waals surface area contributed by atoms with Crippen LogP contribution in [0.4, 0.5) is 20.4 Å². The van der Waals surface area contributed by atoms with E-state index in [4.69, 9.17) is 23.2 Å². The number of amides is 4. The third-order valence-corrected chi connectivity index (χ3v) is 3.34. The van der Waals surface area contributed by atoms with Gasteiger partial charge >= 0.3 is 12.1 Å². The minimum atomic E-state index is -0.822. The summed E-state index contributed by atoms with van der Waals surface area (Å²) >= 11 is 1.13. The molecule has 8 N–H and O–H groups in total. The molecule has 0 radical (unpaired) electrons. The number of benzene rings is 1. The van der Waals surface area contributed by atoms with Crippen molar-refractivity contribution in [1.29, 1.82) is 0 Å². The molecule has 100 valence electrons. The zero-order valence-electron chi connectivity index (χ0n) is 9.61. The molecular weight excluding hydrogens is 270 g/mol. The second-order valence-corrected chi connectivity index (χ2v) is 4.57. The number of carbonyl (C=O) groups excluding carboxylic acids is 2. The van der Waals surface area contributed by atoms with E-state index in [1.165, 1.54) is 0 Å². The molecule has 9 nitrogen and oxygen atoms in total. The van der Waals surface area contributed by atoms with Crippen LogP contribution >= 0.6 is 11.3 Å². The first kappa shape index (κ1) is 13.0. The van der Waals surface area contributed by atoms with Crippen LogP contribution < -0.4 is 33.2 Å². The molecular formula is C9H11N7O2S. The van der Waals surface area contributed by atoms with Crippen LogP contribution in [0.2, 0.25) is 0 Å². The predicted molar refractivity (Wildman–Crippen MR) is 72.1 cm³/mol. The molecule has 2 aromatic rings. The van der Waals surface area contributed by atoms with Crippen molar-refractivity contribution in [2.75, 3.05) is 10.0 Å². The van der Waals surface area contributed by atoms with Crippen molar-refractivity contribution in [3.05, 3.63) is 18.2 Å². The molecule has 0 atom stereocenters. The molecule has 0 bridgehead atoms. The zero-order valence-corrected chi connectivity index (χ0v) is 10.4. The smallest absolute Gasteiger partial charge is 0.335 e. The standard InChI is InChI=1S/C9H11N7O2S/c10-7(17)15(12)4-1-2-5-6(3-4)19-9(14-5)16(13)8(11)18/h1-3H,12-13H2,(H2,10,17)(H2,11,18). The van der Waals surface area contributed by atoms with Gasteiger partial charge in [-0.15, -0.1) is 0 Å². The number of primary amides is 2. The Hall–Kier alpha value is -2.43. The number of carbonyl (C=O) groups is 2. The molecule has 0 fully saturated rings. The van der Waals surface area contributed by atoms with E-state index in [1.54, 1.807) is 18.2 Å². The zero-order chi connectivity index (χ0) is 14.2. The Morgan fingerprint density at radius 3 is 2.32 bits per heavy atom. The summed E-state index contributed by atoms with van der Waals surface area (Å²) in [7, 11) is 0. The Morgan fingerprint density at radius 2 is 1.74 bits per heavy atom. The Labute approximate surface area is 111 Å². The number of rotatable bonds is 2. The van der Waals surface area contributed by atoms with Crippen molar-refractivity contribution in [2.45, 2.75) is 0 Å². The van der Waals surface area contributed by atoms with E-state index in [0.717, 1.165) is 21.4 Å². The van der Waals surface area contributed by atoms with E-state index in [0.29, 0.717) is 15.9 Å². The minimum absolute atomic E-state index is 0.238. The Morgan fingerprint density at radius 1 is 1.11 bits per heavy atom. The summed E-state index contributed by atoms with van der Waals surface area (Å²) in [6.07, 6.45) is 0. The molecule has 10 heteroatoms. The maximum Gasteiger partial charge on any atom is 0.335 e. The fourth-order valence-electron chi connectivity index (χ4n) is 1.38. The topological polar surface area (TPSA) is 158 Å². The second kappa shape index (κ2) is 4.68. The van der Waals surface area contributed by atoms with Crippen molar-refractivity contribution >= 4 is 44.4 Å². The third kappa shape index (κ3) is 2.40. The number of thiazole rings is 1. The highest BCUT2D eigenvalue weighted by molar-refractivity contribution is 7.22. The predicted octanol–water partition coefficient (Wildman–Crippen LogP) is -0.186. The molecule has 1 heterocycles. The number of hydrogen-bond acceptors (Lipinski definition) is 6. The minimum Gasteiger partial charge on any atom is -0.350 e. The fourth-order valence-corrected chi connectivity index (χ4v) is 2.30. The lowest BCUT2D eigenvalue weighted by molar-refractivity contribution is 0.253. The Bertz CT molecular complexity index is 637. The van der Waals surface area contributed by atoms with E-state index in [-0.39, 0.29) is 5.13 Å². The van der Waals surface area contributed by atoms with Crippen LogP contribution in [0.3, 0.4) is 0 Å². The third-order valence-electron chi connectivity index (χ3n) is 2.32. The van der Waals surface area contributed by atoms with Gasteiger partial charge in [0.1, 0.15) is 0 Å². The average molecular weight is 281 g/mol. The monoisotopic (exact) mass is 281 g/mol. The van der Waals surface area contributed by atoms with Gasteiger partial charge in [-0.2, -0.15) is 0 Å². The van der Waals surface area contributed by atoms with Gasteiger partial charge in [0.05, 0.1) is 15.9 Å². The second-order valence-electron chi connectivity index (χ2n) is 3.56. The van der Waals surface area contributed by atoms with Crippen LogP contribution in [0.25, 0.3) is 10.2 Å². The number of aromatic nitrogens is 1. The van der Waals surface area contributed by atoms with E-state index in [1.807, 2.05) is 0 Å². The van der Waals surface area contributed by atoms with E-state index >= 15 is 0 Å². The molecule has 0 saturated heterocycles. The molecule has 4 amide bonds. The molecule has 0 spiro atoms. The molecule has 2 rings (SSSR count). The lowest BCUT2D eigenvalue weighted by Gasteiger charge is -2.12. The van der Waals surface area contributed by atoms with Crippen molar-refractivity contribution in [3.63, 3.8) is 0 Å². The molecule has 0 aliphatic heterocycles. The summed E-state index contributed by atoms with van der Waals surface area (Å²) in [5.74, 6) is 10.9. The largest absolute Gasteiger partial charge is 0.350 e. The lowest BCUT2D eigenvalue weighted by Crippen LogP contribution is -2.41. The summed E-state index contributed by atoms with van der Waals surface area (Å²) in [5.41, 5.74) is 11.1. The SMILES string of the molecule is NC(=O)N(N)c1ccc2nc(N(N)C(N)=O)sc2c1. The van der Waals surface area contributed by atoms with Gasteiger partial charge in [0, 0.05) is 0 Å². The number of fused-ring (bicyclic) bond motifs is 1. The van der Waals surface area contributed by atoms with Gasteiger partial charge < -0.3 is 11.5 Å². The molecule has 0 aliphatic carbocycles. The Kier molecular flexibility index (Phi) is 3.21. The molecule has 0 aliphatic rings. The highest BCUT2D eigenvalue weighted by Gasteiger charge is 2.15. The number of hydrogen-bond donors (Lipinski definition) is 4. The van der Waals surface area contributed by atoms with Crippen LogP contribution in [-0.2, 0) is 0 Å². The van der Waals surface area contributed by atoms with Crippen LogP contribution in [0.1, 0.15) is 0 Å². The van der Waals surface area contributed by atoms with Gasteiger partial charge in [0.15, 0.2) is 0 Å². The van der Waals surface area contributed by atoms with Gasteiger partial charge in [-0.05, 0) is 18.2 Å². The van der Waals surface area contributed by atoms with E-state index in [2.05, 4.69) is 4.98 Å². The fraction of sp³-hybridized carbons (Fsp3) is 0. The quantitative estimate of drug-likeness (QED) is 0.341. The normalized spacial score (nSPS) is 10.4. The maximum absolute atomic E-state index is 11.0. The molecule has 1 aromatic carbocycles. The number of anilines is 2. The van der Waals surface area contributed by atoms with Crippen LogP contribution in [0.5, 0.6) is 0 Å². The first-order chi connectivity index (χ1) is 8.90. The molecule has 0 unspecified atom stereocenters. The number of nitrogens with zero attached hydrogens (tertiary/aromatic N) is 3. The van der Waals surface area contributed by atoms with Crippen molar-refractivity contribution in [3.8, 4) is 0 Å².